The van der Waals surface area contributed by atoms with Gasteiger partial charge in [-0.05, 0) is 30.5 Å². The Bertz CT molecular complexity index is 745. The zero-order chi connectivity index (χ0) is 16.2. The number of nitrogens with zero attached hydrogens (tertiary/aromatic N) is 1. The Morgan fingerprint density at radius 1 is 1.35 bits per heavy atom. The van der Waals surface area contributed by atoms with Gasteiger partial charge in [0.25, 0.3) is 0 Å². The lowest BCUT2D eigenvalue weighted by Gasteiger charge is -2.16. The number of rotatable bonds is 3. The van der Waals surface area contributed by atoms with Crippen molar-refractivity contribution in [1.29, 1.82) is 0 Å². The van der Waals surface area contributed by atoms with E-state index in [2.05, 4.69) is 15.6 Å². The summed E-state index contributed by atoms with van der Waals surface area (Å²) < 4.78 is 0. The molecule has 0 aliphatic carbocycles. The maximum Gasteiger partial charge on any atom is 0.242 e. The summed E-state index contributed by atoms with van der Waals surface area (Å²) in [5.41, 5.74) is 1.39. The quantitative estimate of drug-likeness (QED) is 0.803. The Morgan fingerprint density at radius 2 is 2.22 bits per heavy atom. The van der Waals surface area contributed by atoms with E-state index in [9.17, 15) is 14.7 Å². The monoisotopic (exact) mass is 313 g/mol. The van der Waals surface area contributed by atoms with Gasteiger partial charge in [0.05, 0.1) is 0 Å². The molecule has 1 atom stereocenters. The third-order valence-corrected chi connectivity index (χ3v) is 4.09. The fourth-order valence-electron chi connectivity index (χ4n) is 2.85. The average Bonchev–Trinajstić information content (AvgIpc) is 2.79. The van der Waals surface area contributed by atoms with Crippen molar-refractivity contribution < 1.29 is 14.7 Å². The first-order valence-corrected chi connectivity index (χ1v) is 7.78. The van der Waals surface area contributed by atoms with E-state index >= 15 is 0 Å². The predicted molar refractivity (Wildman–Crippen MR) is 85.7 cm³/mol. The van der Waals surface area contributed by atoms with E-state index in [1.165, 1.54) is 0 Å². The summed E-state index contributed by atoms with van der Waals surface area (Å²) >= 11 is 0. The minimum atomic E-state index is -0.466. The van der Waals surface area contributed by atoms with E-state index in [0.717, 1.165) is 23.8 Å². The Kier molecular flexibility index (Phi) is 4.41. The van der Waals surface area contributed by atoms with Crippen LogP contribution < -0.4 is 10.6 Å². The molecule has 0 bridgehead atoms. The Morgan fingerprint density at radius 3 is 3.09 bits per heavy atom. The summed E-state index contributed by atoms with van der Waals surface area (Å²) in [6.45, 7) is 0.327. The number of fused-ring (bicyclic) bond motifs is 1. The van der Waals surface area contributed by atoms with Crippen LogP contribution in [-0.4, -0.2) is 27.9 Å². The van der Waals surface area contributed by atoms with Crippen LogP contribution in [0.15, 0.2) is 30.5 Å². The molecule has 6 heteroatoms. The highest BCUT2D eigenvalue weighted by molar-refractivity contribution is 5.89. The fraction of sp³-hybridized carbons (Fsp3) is 0.353. The number of carbonyl (C=O) groups excluding carboxylic acids is 2. The van der Waals surface area contributed by atoms with Crippen LogP contribution in [0.25, 0.3) is 10.9 Å². The number of aromatic hydroxyl groups is 1. The molecule has 1 aromatic carbocycles. The lowest BCUT2D eigenvalue weighted by molar-refractivity contribution is -0.128. The molecule has 120 valence electrons. The molecule has 23 heavy (non-hydrogen) atoms. The third-order valence-electron chi connectivity index (χ3n) is 4.09. The van der Waals surface area contributed by atoms with Crippen LogP contribution in [0.3, 0.4) is 0 Å². The second kappa shape index (κ2) is 6.64. The molecule has 1 saturated heterocycles. The van der Waals surface area contributed by atoms with E-state index < -0.39 is 6.04 Å². The molecule has 6 nitrogen and oxygen atoms in total. The molecule has 0 unspecified atom stereocenters. The smallest absolute Gasteiger partial charge is 0.242 e. The van der Waals surface area contributed by atoms with Gasteiger partial charge in [0.15, 0.2) is 0 Å². The van der Waals surface area contributed by atoms with Gasteiger partial charge >= 0.3 is 0 Å². The Balaban J connectivity index is 1.72. The second-order valence-corrected chi connectivity index (χ2v) is 5.73. The summed E-state index contributed by atoms with van der Waals surface area (Å²) in [5, 5.41) is 16.3. The molecule has 2 amide bonds. The van der Waals surface area contributed by atoms with E-state index in [1.807, 2.05) is 6.07 Å². The zero-order valence-electron chi connectivity index (χ0n) is 12.7. The molecule has 1 aliphatic rings. The highest BCUT2D eigenvalue weighted by Crippen LogP contribution is 2.25. The van der Waals surface area contributed by atoms with Gasteiger partial charge in [-0.25, -0.2) is 0 Å². The molecule has 0 radical (unpaired) electrons. The minimum Gasteiger partial charge on any atom is -0.506 e. The van der Waals surface area contributed by atoms with Gasteiger partial charge in [0.2, 0.25) is 11.8 Å². The van der Waals surface area contributed by atoms with Crippen molar-refractivity contribution in [3.8, 4) is 5.75 Å². The Labute approximate surface area is 133 Å². The topological polar surface area (TPSA) is 91.3 Å². The number of hydrogen-bond donors (Lipinski definition) is 3. The van der Waals surface area contributed by atoms with Crippen LogP contribution in [0.5, 0.6) is 5.75 Å². The largest absolute Gasteiger partial charge is 0.506 e. The number of nitrogens with one attached hydrogen (secondary N) is 2. The van der Waals surface area contributed by atoms with Gasteiger partial charge in [0.1, 0.15) is 17.3 Å². The van der Waals surface area contributed by atoms with Gasteiger partial charge in [0, 0.05) is 24.5 Å². The number of amides is 2. The van der Waals surface area contributed by atoms with Crippen molar-refractivity contribution in [3.05, 3.63) is 36.0 Å². The molecule has 2 aromatic rings. The van der Waals surface area contributed by atoms with Crippen molar-refractivity contribution in [2.45, 2.75) is 38.3 Å². The lowest BCUT2D eigenvalue weighted by atomic mass is 10.1. The first kappa shape index (κ1) is 15.3. The minimum absolute atomic E-state index is 0.0677. The third kappa shape index (κ3) is 3.41. The van der Waals surface area contributed by atoms with Gasteiger partial charge in [-0.2, -0.15) is 0 Å². The standard InChI is InChI=1S/C17H19N3O3/c21-14-8-7-11(12-4-3-9-18-16(12)14)10-19-17(23)13-5-1-2-6-15(22)20-13/h3-4,7-9,13,21H,1-2,5-6,10H2,(H,19,23)(H,20,22)/t13-/m1/s1. The summed E-state index contributed by atoms with van der Waals surface area (Å²) in [4.78, 5) is 28.0. The second-order valence-electron chi connectivity index (χ2n) is 5.73. The fourth-order valence-corrected chi connectivity index (χ4v) is 2.85. The SMILES string of the molecule is O=C1CCCC[C@H](C(=O)NCc2ccc(O)c3ncccc23)N1. The molecule has 1 aromatic heterocycles. The average molecular weight is 313 g/mol. The molecular formula is C17H19N3O3. The number of hydrogen-bond acceptors (Lipinski definition) is 4. The first-order valence-electron chi connectivity index (χ1n) is 7.78. The highest BCUT2D eigenvalue weighted by Gasteiger charge is 2.22. The van der Waals surface area contributed by atoms with Crippen LogP contribution in [0, 0.1) is 0 Å². The van der Waals surface area contributed by atoms with E-state index in [4.69, 9.17) is 0 Å². The molecule has 0 saturated carbocycles. The number of aromatic nitrogens is 1. The summed E-state index contributed by atoms with van der Waals surface area (Å²) in [6.07, 6.45) is 4.45. The molecule has 3 rings (SSSR count). The lowest BCUT2D eigenvalue weighted by Crippen LogP contribution is -2.45. The molecule has 0 spiro atoms. The molecule has 3 N–H and O–H groups in total. The van der Waals surface area contributed by atoms with Crippen LogP contribution in [0.4, 0.5) is 0 Å². The zero-order valence-corrected chi connectivity index (χ0v) is 12.7. The normalized spacial score (nSPS) is 18.3. The van der Waals surface area contributed by atoms with Gasteiger partial charge < -0.3 is 15.7 Å². The van der Waals surface area contributed by atoms with Crippen LogP contribution in [0.2, 0.25) is 0 Å². The summed E-state index contributed by atoms with van der Waals surface area (Å²) in [6, 6.07) is 6.53. The maximum atomic E-state index is 12.3. The number of carbonyl (C=O) groups is 2. The summed E-state index contributed by atoms with van der Waals surface area (Å²) in [5.74, 6) is -0.126. The molecule has 2 heterocycles. The van der Waals surface area contributed by atoms with Crippen molar-refractivity contribution >= 4 is 22.7 Å². The predicted octanol–water partition coefficient (Wildman–Crippen LogP) is 1.62. The van der Waals surface area contributed by atoms with Crippen molar-refractivity contribution in [1.82, 2.24) is 15.6 Å². The van der Waals surface area contributed by atoms with E-state index in [-0.39, 0.29) is 17.6 Å². The van der Waals surface area contributed by atoms with Crippen molar-refractivity contribution in [2.24, 2.45) is 0 Å². The van der Waals surface area contributed by atoms with E-state index in [0.29, 0.717) is 24.9 Å². The molecule has 1 aliphatic heterocycles. The Hall–Kier alpha value is -2.63. The van der Waals surface area contributed by atoms with Gasteiger partial charge in [-0.15, -0.1) is 0 Å². The van der Waals surface area contributed by atoms with Gasteiger partial charge in [-0.1, -0.05) is 18.6 Å². The number of phenols is 1. The molecule has 1 fully saturated rings. The number of benzene rings is 1. The van der Waals surface area contributed by atoms with E-state index in [1.54, 1.807) is 24.4 Å². The number of pyridine rings is 1. The van der Waals surface area contributed by atoms with Crippen LogP contribution >= 0.6 is 0 Å². The maximum absolute atomic E-state index is 12.3. The number of phenolic OH excluding ortho intramolecular Hbond substituents is 1. The summed E-state index contributed by atoms with van der Waals surface area (Å²) in [7, 11) is 0. The van der Waals surface area contributed by atoms with Crippen LogP contribution in [-0.2, 0) is 16.1 Å². The van der Waals surface area contributed by atoms with Crippen LogP contribution in [0.1, 0.15) is 31.2 Å². The van der Waals surface area contributed by atoms with Crippen molar-refractivity contribution in [3.63, 3.8) is 0 Å². The molecular weight excluding hydrogens is 294 g/mol. The van der Waals surface area contributed by atoms with Crippen molar-refractivity contribution in [2.75, 3.05) is 0 Å². The highest BCUT2D eigenvalue weighted by atomic mass is 16.3. The first-order chi connectivity index (χ1) is 11.1. The van der Waals surface area contributed by atoms with Gasteiger partial charge in [-0.3, -0.25) is 14.6 Å².